The van der Waals surface area contributed by atoms with Gasteiger partial charge in [-0.25, -0.2) is 12.7 Å². The summed E-state index contributed by atoms with van der Waals surface area (Å²) >= 11 is 6.10. The van der Waals surface area contributed by atoms with E-state index in [0.717, 1.165) is 5.56 Å². The number of halogens is 1. The predicted molar refractivity (Wildman–Crippen MR) is 78.8 cm³/mol. The highest BCUT2D eigenvalue weighted by molar-refractivity contribution is 7.89. The average molecular weight is 305 g/mol. The molecule has 19 heavy (non-hydrogen) atoms. The smallest absolute Gasteiger partial charge is 0.244 e. The Morgan fingerprint density at radius 1 is 1.37 bits per heavy atom. The topological polar surface area (TPSA) is 63.4 Å². The van der Waals surface area contributed by atoms with Crippen LogP contribution in [0.2, 0.25) is 5.02 Å². The van der Waals surface area contributed by atoms with Crippen LogP contribution in [0, 0.1) is 12.3 Å². The van der Waals surface area contributed by atoms with Gasteiger partial charge in [0.05, 0.1) is 5.02 Å². The minimum absolute atomic E-state index is 0.143. The second-order valence-corrected chi connectivity index (χ2v) is 7.91. The maximum atomic E-state index is 12.5. The molecule has 0 heterocycles. The zero-order chi connectivity index (χ0) is 14.8. The number of hydrogen-bond acceptors (Lipinski definition) is 3. The summed E-state index contributed by atoms with van der Waals surface area (Å²) in [6, 6.07) is 5.00. The summed E-state index contributed by atoms with van der Waals surface area (Å²) in [5.74, 6) is 0. The van der Waals surface area contributed by atoms with Crippen molar-refractivity contribution >= 4 is 21.6 Å². The van der Waals surface area contributed by atoms with Crippen LogP contribution >= 0.6 is 11.6 Å². The molecular formula is C13H21ClN2O2S. The molecule has 0 saturated heterocycles. The van der Waals surface area contributed by atoms with Gasteiger partial charge in [-0.1, -0.05) is 37.6 Å². The van der Waals surface area contributed by atoms with E-state index in [4.69, 9.17) is 17.3 Å². The Kier molecular flexibility index (Phi) is 5.01. The highest BCUT2D eigenvalue weighted by Crippen LogP contribution is 2.28. The monoisotopic (exact) mass is 304 g/mol. The van der Waals surface area contributed by atoms with E-state index in [2.05, 4.69) is 0 Å². The Hall–Kier alpha value is -0.620. The summed E-state index contributed by atoms with van der Waals surface area (Å²) in [5, 5.41) is 0.278. The lowest BCUT2D eigenvalue weighted by molar-refractivity contribution is 0.292. The first-order chi connectivity index (χ1) is 8.62. The molecule has 0 unspecified atom stereocenters. The van der Waals surface area contributed by atoms with Gasteiger partial charge < -0.3 is 5.73 Å². The van der Waals surface area contributed by atoms with Crippen molar-refractivity contribution in [3.63, 3.8) is 0 Å². The Morgan fingerprint density at radius 3 is 2.47 bits per heavy atom. The molecule has 0 aromatic heterocycles. The number of aryl methyl sites for hydroxylation is 1. The third-order valence-electron chi connectivity index (χ3n) is 3.05. The van der Waals surface area contributed by atoms with Gasteiger partial charge in [0.25, 0.3) is 0 Å². The second-order valence-electron chi connectivity index (χ2n) is 5.52. The molecule has 4 nitrogen and oxygen atoms in total. The molecule has 6 heteroatoms. The van der Waals surface area contributed by atoms with Gasteiger partial charge >= 0.3 is 0 Å². The van der Waals surface area contributed by atoms with Crippen LogP contribution in [0.3, 0.4) is 0 Å². The van der Waals surface area contributed by atoms with Crippen LogP contribution in [0.1, 0.15) is 19.4 Å². The van der Waals surface area contributed by atoms with E-state index in [-0.39, 0.29) is 15.3 Å². The van der Waals surface area contributed by atoms with Crippen LogP contribution in [0.25, 0.3) is 0 Å². The van der Waals surface area contributed by atoms with Crippen LogP contribution in [-0.4, -0.2) is 32.9 Å². The minimum Gasteiger partial charge on any atom is -0.330 e. The van der Waals surface area contributed by atoms with Crippen molar-refractivity contribution in [2.24, 2.45) is 11.1 Å². The number of rotatable bonds is 5. The van der Waals surface area contributed by atoms with Gasteiger partial charge in [0.15, 0.2) is 0 Å². The quantitative estimate of drug-likeness (QED) is 0.907. The average Bonchev–Trinajstić information content (AvgIpc) is 2.31. The third-order valence-corrected chi connectivity index (χ3v) is 5.51. The zero-order valence-electron chi connectivity index (χ0n) is 11.8. The number of sulfonamides is 1. The lowest BCUT2D eigenvalue weighted by atomic mass is 9.94. The summed E-state index contributed by atoms with van der Waals surface area (Å²) < 4.78 is 26.3. The molecule has 0 aliphatic heterocycles. The molecule has 0 saturated carbocycles. The lowest BCUT2D eigenvalue weighted by Gasteiger charge is -2.28. The van der Waals surface area contributed by atoms with Gasteiger partial charge in [0.1, 0.15) is 4.90 Å². The maximum Gasteiger partial charge on any atom is 0.244 e. The van der Waals surface area contributed by atoms with Crippen molar-refractivity contribution in [3.8, 4) is 0 Å². The Balaban J connectivity index is 3.14. The highest BCUT2D eigenvalue weighted by Gasteiger charge is 2.28. The molecule has 108 valence electrons. The number of nitrogens with zero attached hydrogens (tertiary/aromatic N) is 1. The van der Waals surface area contributed by atoms with Crippen LogP contribution in [-0.2, 0) is 10.0 Å². The molecule has 0 aliphatic carbocycles. The molecule has 0 fully saturated rings. The van der Waals surface area contributed by atoms with E-state index in [1.54, 1.807) is 26.1 Å². The molecule has 0 radical (unpaired) electrons. The summed E-state index contributed by atoms with van der Waals surface area (Å²) in [4.78, 5) is 0.143. The van der Waals surface area contributed by atoms with Gasteiger partial charge in [-0.05, 0) is 30.5 Å². The first kappa shape index (κ1) is 16.4. The van der Waals surface area contributed by atoms with Crippen molar-refractivity contribution in [2.45, 2.75) is 25.7 Å². The number of nitrogens with two attached hydrogens (primary N) is 1. The SMILES string of the molecule is Cc1cccc(S(=O)(=O)N(C)CC(C)(C)CN)c1Cl. The summed E-state index contributed by atoms with van der Waals surface area (Å²) in [6.45, 7) is 6.39. The summed E-state index contributed by atoms with van der Waals surface area (Å²) in [6.07, 6.45) is 0. The normalized spacial score (nSPS) is 13.0. The second kappa shape index (κ2) is 5.79. The van der Waals surface area contributed by atoms with Crippen LogP contribution in [0.15, 0.2) is 23.1 Å². The largest absolute Gasteiger partial charge is 0.330 e. The van der Waals surface area contributed by atoms with Crippen LogP contribution in [0.5, 0.6) is 0 Å². The minimum atomic E-state index is -3.59. The molecule has 1 aromatic carbocycles. The number of hydrogen-bond donors (Lipinski definition) is 1. The maximum absolute atomic E-state index is 12.5. The molecular weight excluding hydrogens is 284 g/mol. The van der Waals surface area contributed by atoms with Crippen molar-refractivity contribution < 1.29 is 8.42 Å². The fraction of sp³-hybridized carbons (Fsp3) is 0.538. The van der Waals surface area contributed by atoms with E-state index >= 15 is 0 Å². The molecule has 1 rings (SSSR count). The van der Waals surface area contributed by atoms with Gasteiger partial charge in [0.2, 0.25) is 10.0 Å². The molecule has 0 bridgehead atoms. The Morgan fingerprint density at radius 2 is 1.95 bits per heavy atom. The van der Waals surface area contributed by atoms with Crippen LogP contribution < -0.4 is 5.73 Å². The fourth-order valence-electron chi connectivity index (χ4n) is 1.74. The van der Waals surface area contributed by atoms with Crippen molar-refractivity contribution in [1.29, 1.82) is 0 Å². The zero-order valence-corrected chi connectivity index (χ0v) is 13.3. The lowest BCUT2D eigenvalue weighted by Crippen LogP contribution is -2.39. The fourth-order valence-corrected chi connectivity index (χ4v) is 3.65. The van der Waals surface area contributed by atoms with E-state index in [0.29, 0.717) is 13.1 Å². The van der Waals surface area contributed by atoms with Gasteiger partial charge in [-0.2, -0.15) is 0 Å². The van der Waals surface area contributed by atoms with Gasteiger partial charge in [-0.15, -0.1) is 0 Å². The van der Waals surface area contributed by atoms with Crippen molar-refractivity contribution in [2.75, 3.05) is 20.1 Å². The standard InChI is InChI=1S/C13H21ClN2O2S/c1-10-6-5-7-11(12(10)14)19(17,18)16(4)9-13(2,3)8-15/h5-7H,8-9,15H2,1-4H3. The van der Waals surface area contributed by atoms with E-state index in [1.165, 1.54) is 10.4 Å². The number of benzene rings is 1. The van der Waals surface area contributed by atoms with E-state index in [1.807, 2.05) is 13.8 Å². The molecule has 1 aromatic rings. The van der Waals surface area contributed by atoms with E-state index < -0.39 is 10.0 Å². The van der Waals surface area contributed by atoms with Crippen molar-refractivity contribution in [3.05, 3.63) is 28.8 Å². The van der Waals surface area contributed by atoms with Gasteiger partial charge in [0, 0.05) is 13.6 Å². The third kappa shape index (κ3) is 3.69. The summed E-state index contributed by atoms with van der Waals surface area (Å²) in [7, 11) is -2.04. The molecule has 0 atom stereocenters. The first-order valence-electron chi connectivity index (χ1n) is 6.03. The predicted octanol–water partition coefficient (Wildman–Crippen LogP) is 2.25. The van der Waals surface area contributed by atoms with Gasteiger partial charge in [-0.3, -0.25) is 0 Å². The molecule has 0 amide bonds. The van der Waals surface area contributed by atoms with Crippen LogP contribution in [0.4, 0.5) is 0 Å². The van der Waals surface area contributed by atoms with E-state index in [9.17, 15) is 8.42 Å². The summed E-state index contributed by atoms with van der Waals surface area (Å²) in [5.41, 5.74) is 6.11. The molecule has 0 aliphatic rings. The first-order valence-corrected chi connectivity index (χ1v) is 7.85. The molecule has 2 N–H and O–H groups in total. The van der Waals surface area contributed by atoms with Crippen molar-refractivity contribution in [1.82, 2.24) is 4.31 Å². The molecule has 0 spiro atoms. The highest BCUT2D eigenvalue weighted by atomic mass is 35.5. The Bertz CT molecular complexity index is 556. The Labute approximate surface area is 120 Å².